The summed E-state index contributed by atoms with van der Waals surface area (Å²) in [5.74, 6) is -1.86. The van der Waals surface area contributed by atoms with Crippen LogP contribution in [-0.2, 0) is 4.74 Å². The molecule has 0 amide bonds. The Balaban J connectivity index is 1.95. The van der Waals surface area contributed by atoms with Crippen molar-refractivity contribution in [3.63, 3.8) is 0 Å². The number of hydrogen-bond acceptors (Lipinski definition) is 2. The number of hydrogen-bond donors (Lipinski definition) is 1. The van der Waals surface area contributed by atoms with Gasteiger partial charge in [-0.15, -0.1) is 0 Å². The van der Waals surface area contributed by atoms with Crippen LogP contribution in [0.1, 0.15) is 43.7 Å². The van der Waals surface area contributed by atoms with E-state index in [1.165, 1.54) is 6.42 Å². The molecule has 2 rings (SSSR count). The molecule has 2 nitrogen and oxygen atoms in total. The van der Waals surface area contributed by atoms with Crippen molar-refractivity contribution in [1.82, 2.24) is 0 Å². The minimum absolute atomic E-state index is 0.177. The van der Waals surface area contributed by atoms with Crippen LogP contribution < -0.4 is 5.73 Å². The van der Waals surface area contributed by atoms with Crippen LogP contribution in [0, 0.1) is 11.6 Å². The topological polar surface area (TPSA) is 35.2 Å². The largest absolute Gasteiger partial charge is 0.378 e. The molecular weight excluding hydrogens is 272 g/mol. The molecule has 106 valence electrons. The third-order valence-electron chi connectivity index (χ3n) is 3.51. The summed E-state index contributed by atoms with van der Waals surface area (Å²) in [6.07, 6.45) is 5.01. The van der Waals surface area contributed by atoms with Gasteiger partial charge in [-0.2, -0.15) is 0 Å². The summed E-state index contributed by atoms with van der Waals surface area (Å²) in [6.45, 7) is 0.797. The first kappa shape index (κ1) is 14.7. The molecule has 1 heterocycles. The van der Waals surface area contributed by atoms with E-state index in [0.29, 0.717) is 12.0 Å². The van der Waals surface area contributed by atoms with Crippen molar-refractivity contribution in [2.24, 2.45) is 5.73 Å². The smallest absolute Gasteiger partial charge is 0.160 e. The summed E-state index contributed by atoms with van der Waals surface area (Å²) in [6, 6.07) is 1.67. The van der Waals surface area contributed by atoms with Gasteiger partial charge in [-0.05, 0) is 49.8 Å². The number of nitrogens with two attached hydrogens (primary N) is 1. The molecule has 19 heavy (non-hydrogen) atoms. The van der Waals surface area contributed by atoms with Gasteiger partial charge in [-0.3, -0.25) is 0 Å². The highest BCUT2D eigenvalue weighted by molar-refractivity contribution is 6.31. The molecule has 1 aromatic rings. The van der Waals surface area contributed by atoms with E-state index in [9.17, 15) is 8.78 Å². The monoisotopic (exact) mass is 289 g/mol. The Hall–Kier alpha value is -0.710. The molecule has 1 aromatic carbocycles. The fourth-order valence-corrected chi connectivity index (χ4v) is 2.67. The van der Waals surface area contributed by atoms with E-state index in [-0.39, 0.29) is 11.1 Å². The van der Waals surface area contributed by atoms with Gasteiger partial charge in [0.2, 0.25) is 0 Å². The summed E-state index contributed by atoms with van der Waals surface area (Å²) in [5.41, 5.74) is 6.46. The standard InChI is InChI=1S/C14H18ClF2NO/c15-11-8-13(17)12(16)7-10(11)14(18)5-4-9-3-1-2-6-19-9/h7-9,14H,1-6,18H2. The Morgan fingerprint density at radius 1 is 1.32 bits per heavy atom. The molecule has 5 heteroatoms. The van der Waals surface area contributed by atoms with Crippen LogP contribution in [0.4, 0.5) is 8.78 Å². The number of rotatable bonds is 4. The zero-order chi connectivity index (χ0) is 13.8. The van der Waals surface area contributed by atoms with Gasteiger partial charge in [0.25, 0.3) is 0 Å². The average Bonchev–Trinajstić information content (AvgIpc) is 2.41. The van der Waals surface area contributed by atoms with E-state index in [1.807, 2.05) is 0 Å². The van der Waals surface area contributed by atoms with Gasteiger partial charge in [0, 0.05) is 17.7 Å². The molecule has 0 aliphatic carbocycles. The molecule has 1 aliphatic rings. The maximum Gasteiger partial charge on any atom is 0.160 e. The van der Waals surface area contributed by atoms with Gasteiger partial charge < -0.3 is 10.5 Å². The van der Waals surface area contributed by atoms with Crippen molar-refractivity contribution in [2.45, 2.75) is 44.2 Å². The zero-order valence-corrected chi connectivity index (χ0v) is 11.4. The predicted octanol–water partition coefficient (Wildman–Crippen LogP) is 3.97. The molecule has 0 saturated carbocycles. The van der Waals surface area contributed by atoms with E-state index in [4.69, 9.17) is 22.1 Å². The van der Waals surface area contributed by atoms with Crippen molar-refractivity contribution >= 4 is 11.6 Å². The SMILES string of the molecule is NC(CCC1CCCCO1)c1cc(F)c(F)cc1Cl. The normalized spacial score (nSPS) is 21.4. The fraction of sp³-hybridized carbons (Fsp3) is 0.571. The van der Waals surface area contributed by atoms with Crippen LogP contribution in [0.5, 0.6) is 0 Å². The van der Waals surface area contributed by atoms with Crippen molar-refractivity contribution in [3.05, 3.63) is 34.4 Å². The maximum absolute atomic E-state index is 13.2. The highest BCUT2D eigenvalue weighted by Gasteiger charge is 2.18. The highest BCUT2D eigenvalue weighted by Crippen LogP contribution is 2.28. The molecule has 2 unspecified atom stereocenters. The minimum Gasteiger partial charge on any atom is -0.378 e. The third-order valence-corrected chi connectivity index (χ3v) is 3.84. The summed E-state index contributed by atoms with van der Waals surface area (Å²) < 4.78 is 31.8. The van der Waals surface area contributed by atoms with Gasteiger partial charge >= 0.3 is 0 Å². The molecule has 2 atom stereocenters. The summed E-state index contributed by atoms with van der Waals surface area (Å²) in [5, 5.41) is 0.177. The molecule has 2 N–H and O–H groups in total. The fourth-order valence-electron chi connectivity index (χ4n) is 2.38. The minimum atomic E-state index is -0.948. The Labute approximate surface area is 116 Å². The van der Waals surface area contributed by atoms with E-state index in [1.54, 1.807) is 0 Å². The molecule has 0 radical (unpaired) electrons. The molecule has 1 saturated heterocycles. The van der Waals surface area contributed by atoms with Crippen LogP contribution >= 0.6 is 11.6 Å². The molecule has 0 aromatic heterocycles. The summed E-state index contributed by atoms with van der Waals surface area (Å²) in [7, 11) is 0. The summed E-state index contributed by atoms with van der Waals surface area (Å²) in [4.78, 5) is 0. The van der Waals surface area contributed by atoms with E-state index >= 15 is 0 Å². The first-order chi connectivity index (χ1) is 9.08. The van der Waals surface area contributed by atoms with Gasteiger partial charge in [-0.1, -0.05) is 11.6 Å². The van der Waals surface area contributed by atoms with E-state index in [2.05, 4.69) is 0 Å². The Bertz CT molecular complexity index is 436. The molecule has 1 aliphatic heterocycles. The lowest BCUT2D eigenvalue weighted by Gasteiger charge is -2.24. The maximum atomic E-state index is 13.2. The van der Waals surface area contributed by atoms with E-state index < -0.39 is 17.7 Å². The molecule has 0 bridgehead atoms. The van der Waals surface area contributed by atoms with Gasteiger partial charge in [-0.25, -0.2) is 8.78 Å². The second-order valence-electron chi connectivity index (χ2n) is 4.96. The lowest BCUT2D eigenvalue weighted by molar-refractivity contribution is 0.00912. The van der Waals surface area contributed by atoms with Gasteiger partial charge in [0.15, 0.2) is 11.6 Å². The number of benzene rings is 1. The van der Waals surface area contributed by atoms with Crippen LogP contribution in [0.15, 0.2) is 12.1 Å². The first-order valence-electron chi connectivity index (χ1n) is 6.59. The Morgan fingerprint density at radius 2 is 2.05 bits per heavy atom. The van der Waals surface area contributed by atoms with Crippen LogP contribution in [0.25, 0.3) is 0 Å². The van der Waals surface area contributed by atoms with Gasteiger partial charge in [0.1, 0.15) is 0 Å². The lowest BCUT2D eigenvalue weighted by atomic mass is 9.97. The number of halogens is 3. The second-order valence-corrected chi connectivity index (χ2v) is 5.37. The number of ether oxygens (including phenoxy) is 1. The second kappa shape index (κ2) is 6.64. The first-order valence-corrected chi connectivity index (χ1v) is 6.97. The molecule has 0 spiro atoms. The van der Waals surface area contributed by atoms with E-state index in [0.717, 1.165) is 38.0 Å². The predicted molar refractivity (Wildman–Crippen MR) is 71.1 cm³/mol. The molecule has 1 fully saturated rings. The molecular formula is C14H18ClF2NO. The van der Waals surface area contributed by atoms with Crippen molar-refractivity contribution in [1.29, 1.82) is 0 Å². The quantitative estimate of drug-likeness (QED) is 0.851. The average molecular weight is 290 g/mol. The Kier molecular flexibility index (Phi) is 5.13. The van der Waals surface area contributed by atoms with Crippen molar-refractivity contribution in [2.75, 3.05) is 6.61 Å². The zero-order valence-electron chi connectivity index (χ0n) is 10.7. The Morgan fingerprint density at radius 3 is 2.74 bits per heavy atom. The van der Waals surface area contributed by atoms with Crippen LogP contribution in [0.3, 0.4) is 0 Å². The van der Waals surface area contributed by atoms with Crippen LogP contribution in [0.2, 0.25) is 5.02 Å². The summed E-state index contributed by atoms with van der Waals surface area (Å²) >= 11 is 5.90. The highest BCUT2D eigenvalue weighted by atomic mass is 35.5. The van der Waals surface area contributed by atoms with Gasteiger partial charge in [0.05, 0.1) is 6.10 Å². The van der Waals surface area contributed by atoms with Crippen LogP contribution in [-0.4, -0.2) is 12.7 Å². The van der Waals surface area contributed by atoms with Crippen molar-refractivity contribution < 1.29 is 13.5 Å². The lowest BCUT2D eigenvalue weighted by Crippen LogP contribution is -2.21. The van der Waals surface area contributed by atoms with Crippen molar-refractivity contribution in [3.8, 4) is 0 Å². The third kappa shape index (κ3) is 3.88.